The van der Waals surface area contributed by atoms with Crippen molar-refractivity contribution in [2.45, 2.75) is 39.3 Å². The molecule has 2 aromatic heterocycles. The number of methoxy groups -OCH3 is 1. The number of benzene rings is 1. The Morgan fingerprint density at radius 2 is 2.10 bits per heavy atom. The molecule has 1 aromatic carbocycles. The maximum atomic E-state index is 13.2. The van der Waals surface area contributed by atoms with Gasteiger partial charge in [0.05, 0.1) is 18.7 Å². The van der Waals surface area contributed by atoms with Gasteiger partial charge in [0.25, 0.3) is 5.56 Å². The minimum atomic E-state index is -0.289. The van der Waals surface area contributed by atoms with E-state index in [1.807, 2.05) is 31.2 Å². The average molecular weight is 396 g/mol. The van der Waals surface area contributed by atoms with Crippen molar-refractivity contribution < 1.29 is 4.74 Å². The number of hydrogen-bond donors (Lipinski definition) is 1. The number of nitrogens with zero attached hydrogens (tertiary/aromatic N) is 5. The molecule has 0 spiro atoms. The Balaban J connectivity index is 1.83. The van der Waals surface area contributed by atoms with Crippen molar-refractivity contribution in [3.8, 4) is 0 Å². The SMILES string of the molecule is COCCn1nnnc1C(c1cc2cccc(C)c2[nH]c1=O)N1CCC(C)CC1. The van der Waals surface area contributed by atoms with Gasteiger partial charge in [0, 0.05) is 12.7 Å². The maximum Gasteiger partial charge on any atom is 0.253 e. The first-order valence-corrected chi connectivity index (χ1v) is 10.2. The summed E-state index contributed by atoms with van der Waals surface area (Å²) in [6.45, 7) is 7.16. The lowest BCUT2D eigenvalue weighted by Gasteiger charge is -2.35. The van der Waals surface area contributed by atoms with Crippen LogP contribution in [0.5, 0.6) is 0 Å². The van der Waals surface area contributed by atoms with Crippen LogP contribution in [0.4, 0.5) is 0 Å². The number of tetrazole rings is 1. The summed E-state index contributed by atoms with van der Waals surface area (Å²) in [5, 5.41) is 13.4. The van der Waals surface area contributed by atoms with Crippen molar-refractivity contribution in [3.05, 3.63) is 51.6 Å². The van der Waals surface area contributed by atoms with Crippen molar-refractivity contribution >= 4 is 10.9 Å². The van der Waals surface area contributed by atoms with Gasteiger partial charge < -0.3 is 9.72 Å². The number of H-pyrrole nitrogens is 1. The summed E-state index contributed by atoms with van der Waals surface area (Å²) in [6.07, 6.45) is 2.20. The van der Waals surface area contributed by atoms with Gasteiger partial charge in [-0.2, -0.15) is 0 Å². The highest BCUT2D eigenvalue weighted by Gasteiger charge is 2.32. The van der Waals surface area contributed by atoms with Crippen LogP contribution < -0.4 is 5.56 Å². The Kier molecular flexibility index (Phi) is 5.73. The van der Waals surface area contributed by atoms with Gasteiger partial charge in [0.15, 0.2) is 5.82 Å². The predicted molar refractivity (Wildman–Crippen MR) is 111 cm³/mol. The predicted octanol–water partition coefficient (Wildman–Crippen LogP) is 2.29. The van der Waals surface area contributed by atoms with E-state index in [0.717, 1.165) is 42.4 Å². The second kappa shape index (κ2) is 8.42. The molecular formula is C21H28N6O2. The molecule has 1 N–H and O–H groups in total. The molecule has 0 radical (unpaired) electrons. The molecular weight excluding hydrogens is 368 g/mol. The third-order valence-corrected chi connectivity index (χ3v) is 5.91. The molecule has 1 atom stereocenters. The van der Waals surface area contributed by atoms with Crippen LogP contribution in [0.2, 0.25) is 0 Å². The van der Waals surface area contributed by atoms with E-state index in [1.165, 1.54) is 0 Å². The van der Waals surface area contributed by atoms with Gasteiger partial charge >= 0.3 is 0 Å². The zero-order valence-electron chi connectivity index (χ0n) is 17.3. The normalized spacial score (nSPS) is 17.1. The van der Waals surface area contributed by atoms with Gasteiger partial charge in [-0.25, -0.2) is 4.68 Å². The number of aryl methyl sites for hydroxylation is 1. The number of hydrogen-bond acceptors (Lipinski definition) is 6. The van der Waals surface area contributed by atoms with Crippen LogP contribution in [0.25, 0.3) is 10.9 Å². The smallest absolute Gasteiger partial charge is 0.253 e. The molecule has 29 heavy (non-hydrogen) atoms. The van der Waals surface area contributed by atoms with E-state index < -0.39 is 0 Å². The number of piperidine rings is 1. The first kappa shape index (κ1) is 19.7. The summed E-state index contributed by atoms with van der Waals surface area (Å²) >= 11 is 0. The van der Waals surface area contributed by atoms with Gasteiger partial charge in [-0.15, -0.1) is 5.10 Å². The molecule has 4 rings (SSSR count). The maximum absolute atomic E-state index is 13.2. The average Bonchev–Trinajstić information content (AvgIpc) is 3.17. The number of aromatic amines is 1. The molecule has 1 unspecified atom stereocenters. The van der Waals surface area contributed by atoms with Crippen molar-refractivity contribution in [2.75, 3.05) is 26.8 Å². The Hall–Kier alpha value is -2.58. The molecule has 1 fully saturated rings. The van der Waals surface area contributed by atoms with Crippen LogP contribution >= 0.6 is 0 Å². The number of ether oxygens (including phenoxy) is 1. The highest BCUT2D eigenvalue weighted by molar-refractivity contribution is 5.82. The van der Waals surface area contributed by atoms with Gasteiger partial charge in [-0.3, -0.25) is 9.69 Å². The molecule has 3 aromatic rings. The Bertz CT molecular complexity index is 1040. The summed E-state index contributed by atoms with van der Waals surface area (Å²) in [7, 11) is 1.66. The highest BCUT2D eigenvalue weighted by Crippen LogP contribution is 2.31. The zero-order chi connectivity index (χ0) is 20.4. The van der Waals surface area contributed by atoms with Gasteiger partial charge in [0.1, 0.15) is 6.04 Å². The van der Waals surface area contributed by atoms with Gasteiger partial charge in [-0.1, -0.05) is 25.1 Å². The van der Waals surface area contributed by atoms with E-state index >= 15 is 0 Å². The van der Waals surface area contributed by atoms with Crippen LogP contribution in [-0.4, -0.2) is 56.9 Å². The lowest BCUT2D eigenvalue weighted by Crippen LogP contribution is -2.40. The summed E-state index contributed by atoms with van der Waals surface area (Å²) in [5.74, 6) is 1.38. The van der Waals surface area contributed by atoms with Crippen LogP contribution in [0.1, 0.15) is 42.8 Å². The summed E-state index contributed by atoms with van der Waals surface area (Å²) in [4.78, 5) is 18.6. The molecule has 0 aliphatic carbocycles. The van der Waals surface area contributed by atoms with Crippen LogP contribution in [0, 0.1) is 12.8 Å². The topological polar surface area (TPSA) is 88.9 Å². The quantitative estimate of drug-likeness (QED) is 0.688. The molecule has 3 heterocycles. The van der Waals surface area contributed by atoms with Crippen molar-refractivity contribution in [3.63, 3.8) is 0 Å². The number of aromatic nitrogens is 5. The van der Waals surface area contributed by atoms with Crippen LogP contribution in [-0.2, 0) is 11.3 Å². The number of rotatable bonds is 6. The van der Waals surface area contributed by atoms with E-state index in [1.54, 1.807) is 11.8 Å². The standard InChI is InChI=1S/C21H28N6O2/c1-14-7-9-26(10-8-14)19(20-23-24-25-27(20)11-12-29-3)17-13-16-6-4-5-15(2)18(16)22-21(17)28/h4-6,13-14,19H,7-12H2,1-3H3,(H,22,28). The van der Waals surface area contributed by atoms with E-state index in [4.69, 9.17) is 4.74 Å². The van der Waals surface area contributed by atoms with Gasteiger partial charge in [0.2, 0.25) is 0 Å². The molecule has 154 valence electrons. The van der Waals surface area contributed by atoms with Crippen molar-refractivity contribution in [1.29, 1.82) is 0 Å². The summed E-state index contributed by atoms with van der Waals surface area (Å²) in [6, 6.07) is 7.76. The molecule has 8 heteroatoms. The number of para-hydroxylation sites is 1. The first-order chi connectivity index (χ1) is 14.1. The molecule has 0 bridgehead atoms. The largest absolute Gasteiger partial charge is 0.383 e. The lowest BCUT2D eigenvalue weighted by molar-refractivity contribution is 0.144. The number of pyridine rings is 1. The number of nitrogens with one attached hydrogen (secondary N) is 1. The fourth-order valence-corrected chi connectivity index (χ4v) is 4.13. The summed E-state index contributed by atoms with van der Waals surface area (Å²) < 4.78 is 6.97. The second-order valence-corrected chi connectivity index (χ2v) is 7.97. The second-order valence-electron chi connectivity index (χ2n) is 7.97. The number of likely N-dealkylation sites (tertiary alicyclic amines) is 1. The zero-order valence-corrected chi connectivity index (χ0v) is 17.3. The van der Waals surface area contributed by atoms with E-state index in [2.05, 4.69) is 32.3 Å². The number of fused-ring (bicyclic) bond motifs is 1. The Labute approximate surface area is 169 Å². The van der Waals surface area contributed by atoms with E-state index in [9.17, 15) is 4.79 Å². The fourth-order valence-electron chi connectivity index (χ4n) is 4.13. The lowest BCUT2D eigenvalue weighted by atomic mass is 9.95. The van der Waals surface area contributed by atoms with Crippen LogP contribution in [0.3, 0.4) is 0 Å². The van der Waals surface area contributed by atoms with Crippen molar-refractivity contribution in [2.24, 2.45) is 5.92 Å². The van der Waals surface area contributed by atoms with Crippen molar-refractivity contribution in [1.82, 2.24) is 30.1 Å². The minimum Gasteiger partial charge on any atom is -0.383 e. The summed E-state index contributed by atoms with van der Waals surface area (Å²) in [5.41, 5.74) is 2.54. The minimum absolute atomic E-state index is 0.0864. The first-order valence-electron chi connectivity index (χ1n) is 10.2. The third-order valence-electron chi connectivity index (χ3n) is 5.91. The molecule has 0 saturated carbocycles. The van der Waals surface area contributed by atoms with E-state index in [0.29, 0.717) is 30.5 Å². The fraction of sp³-hybridized carbons (Fsp3) is 0.524. The Morgan fingerprint density at radius 1 is 1.31 bits per heavy atom. The molecule has 1 aliphatic rings. The van der Waals surface area contributed by atoms with Crippen LogP contribution in [0.15, 0.2) is 29.1 Å². The van der Waals surface area contributed by atoms with E-state index in [-0.39, 0.29) is 11.6 Å². The molecule has 1 aliphatic heterocycles. The Morgan fingerprint density at radius 3 is 2.86 bits per heavy atom. The van der Waals surface area contributed by atoms with Gasteiger partial charge in [-0.05, 0) is 66.2 Å². The molecule has 8 nitrogen and oxygen atoms in total. The molecule has 1 saturated heterocycles. The third kappa shape index (κ3) is 3.95. The highest BCUT2D eigenvalue weighted by atomic mass is 16.5. The monoisotopic (exact) mass is 396 g/mol. The molecule has 0 amide bonds.